The van der Waals surface area contributed by atoms with E-state index in [0.717, 1.165) is 18.4 Å². The molecule has 0 fully saturated rings. The summed E-state index contributed by atoms with van der Waals surface area (Å²) in [6.07, 6.45) is 8.61. The van der Waals surface area contributed by atoms with Gasteiger partial charge in [-0.3, -0.25) is 4.79 Å². The molecular weight excluding hydrogens is 360 g/mol. The van der Waals surface area contributed by atoms with Crippen molar-refractivity contribution in [2.24, 2.45) is 0 Å². The summed E-state index contributed by atoms with van der Waals surface area (Å²) in [7, 11) is -3.43. The van der Waals surface area contributed by atoms with E-state index in [9.17, 15) is 13.2 Å². The van der Waals surface area contributed by atoms with Crippen LogP contribution in [0.3, 0.4) is 0 Å². The smallest absolute Gasteiger partial charge is 0.238 e. The SMILES string of the molecule is CC(C)N(Cc1ccccc1)C(=O)CN(CCC1=CCCCC1)S(C)(=O)=O. The first-order chi connectivity index (χ1) is 12.8. The van der Waals surface area contributed by atoms with E-state index >= 15 is 0 Å². The fourth-order valence-corrected chi connectivity index (χ4v) is 4.11. The Kier molecular flexibility index (Phi) is 8.05. The van der Waals surface area contributed by atoms with E-state index in [-0.39, 0.29) is 18.5 Å². The van der Waals surface area contributed by atoms with Crippen LogP contribution in [0, 0.1) is 0 Å². The van der Waals surface area contributed by atoms with Gasteiger partial charge in [0.1, 0.15) is 0 Å². The van der Waals surface area contributed by atoms with Gasteiger partial charge in [-0.05, 0) is 51.5 Å². The van der Waals surface area contributed by atoms with E-state index in [0.29, 0.717) is 19.5 Å². The summed E-state index contributed by atoms with van der Waals surface area (Å²) in [5.41, 5.74) is 2.35. The molecule has 1 aliphatic rings. The topological polar surface area (TPSA) is 57.7 Å². The highest BCUT2D eigenvalue weighted by molar-refractivity contribution is 7.88. The predicted molar refractivity (Wildman–Crippen MR) is 110 cm³/mol. The minimum absolute atomic E-state index is 0.000157. The molecule has 150 valence electrons. The van der Waals surface area contributed by atoms with E-state index in [1.165, 1.54) is 29.0 Å². The Morgan fingerprint density at radius 3 is 2.41 bits per heavy atom. The maximum absolute atomic E-state index is 12.9. The minimum Gasteiger partial charge on any atom is -0.335 e. The molecule has 0 bridgehead atoms. The van der Waals surface area contributed by atoms with Gasteiger partial charge in [-0.2, -0.15) is 4.31 Å². The number of carbonyl (C=O) groups excluding carboxylic acids is 1. The number of carbonyl (C=O) groups is 1. The van der Waals surface area contributed by atoms with Crippen LogP contribution in [0.1, 0.15) is 51.5 Å². The lowest BCUT2D eigenvalue weighted by Gasteiger charge is -2.30. The van der Waals surface area contributed by atoms with E-state index in [4.69, 9.17) is 0 Å². The molecule has 0 radical (unpaired) electrons. The van der Waals surface area contributed by atoms with E-state index in [2.05, 4.69) is 6.08 Å². The fourth-order valence-electron chi connectivity index (χ4n) is 3.34. The second-order valence-corrected chi connectivity index (χ2v) is 9.54. The van der Waals surface area contributed by atoms with Crippen molar-refractivity contribution in [3.8, 4) is 0 Å². The molecule has 0 aromatic heterocycles. The van der Waals surface area contributed by atoms with Crippen molar-refractivity contribution < 1.29 is 13.2 Å². The molecular formula is C21H32N2O3S. The van der Waals surface area contributed by atoms with Crippen molar-refractivity contribution in [1.29, 1.82) is 0 Å². The summed E-state index contributed by atoms with van der Waals surface area (Å²) in [6, 6.07) is 9.79. The molecule has 5 nitrogen and oxygen atoms in total. The monoisotopic (exact) mass is 392 g/mol. The Hall–Kier alpha value is -1.66. The Balaban J connectivity index is 2.04. The molecule has 0 spiro atoms. The summed E-state index contributed by atoms with van der Waals surface area (Å²) in [5, 5.41) is 0. The predicted octanol–water partition coefficient (Wildman–Crippen LogP) is 3.58. The van der Waals surface area contributed by atoms with Crippen LogP contribution in [0.15, 0.2) is 42.0 Å². The number of rotatable bonds is 9. The van der Waals surface area contributed by atoms with Gasteiger partial charge in [-0.15, -0.1) is 0 Å². The first-order valence-electron chi connectivity index (χ1n) is 9.74. The van der Waals surface area contributed by atoms with Crippen LogP contribution >= 0.6 is 0 Å². The number of hydrogen-bond donors (Lipinski definition) is 0. The zero-order chi connectivity index (χ0) is 19.9. The van der Waals surface area contributed by atoms with Crippen LogP contribution in [-0.4, -0.2) is 48.9 Å². The summed E-state index contributed by atoms with van der Waals surface area (Å²) in [4.78, 5) is 14.6. The van der Waals surface area contributed by atoms with Crippen molar-refractivity contribution >= 4 is 15.9 Å². The van der Waals surface area contributed by atoms with Gasteiger partial charge in [-0.1, -0.05) is 42.0 Å². The molecule has 0 saturated carbocycles. The van der Waals surface area contributed by atoms with Gasteiger partial charge in [-0.25, -0.2) is 8.42 Å². The van der Waals surface area contributed by atoms with Gasteiger partial charge >= 0.3 is 0 Å². The minimum atomic E-state index is -3.43. The van der Waals surface area contributed by atoms with Crippen molar-refractivity contribution in [2.75, 3.05) is 19.3 Å². The maximum atomic E-state index is 12.9. The Morgan fingerprint density at radius 2 is 1.85 bits per heavy atom. The molecule has 2 rings (SSSR count). The van der Waals surface area contributed by atoms with Crippen molar-refractivity contribution in [1.82, 2.24) is 9.21 Å². The molecule has 27 heavy (non-hydrogen) atoms. The summed E-state index contributed by atoms with van der Waals surface area (Å²) in [5.74, 6) is -0.156. The van der Waals surface area contributed by atoms with Crippen LogP contribution in [0.4, 0.5) is 0 Å². The second-order valence-electron chi connectivity index (χ2n) is 7.56. The lowest BCUT2D eigenvalue weighted by Crippen LogP contribution is -2.45. The number of allylic oxidation sites excluding steroid dienone is 1. The second kappa shape index (κ2) is 10.0. The standard InChI is InChI=1S/C21H32N2O3S/c1-18(2)23(16-20-12-8-5-9-13-20)21(24)17-22(27(3,25)26)15-14-19-10-6-4-7-11-19/h5,8-10,12-13,18H,4,6-7,11,14-17H2,1-3H3. The Bertz CT molecular complexity index is 742. The third-order valence-corrected chi connectivity index (χ3v) is 6.24. The molecule has 0 heterocycles. The molecule has 1 aliphatic carbocycles. The molecule has 0 atom stereocenters. The van der Waals surface area contributed by atoms with E-state index < -0.39 is 10.0 Å². The van der Waals surface area contributed by atoms with Crippen LogP contribution < -0.4 is 0 Å². The zero-order valence-electron chi connectivity index (χ0n) is 16.7. The van der Waals surface area contributed by atoms with Crippen LogP contribution in [-0.2, 0) is 21.4 Å². The number of benzene rings is 1. The van der Waals surface area contributed by atoms with Crippen LogP contribution in [0.5, 0.6) is 0 Å². The Labute approximate surface area is 164 Å². The molecule has 0 unspecified atom stereocenters. The van der Waals surface area contributed by atoms with E-state index in [1.807, 2.05) is 44.2 Å². The highest BCUT2D eigenvalue weighted by Crippen LogP contribution is 2.21. The summed E-state index contributed by atoms with van der Waals surface area (Å²) >= 11 is 0. The average molecular weight is 393 g/mol. The molecule has 6 heteroatoms. The lowest BCUT2D eigenvalue weighted by molar-refractivity contribution is -0.133. The molecule has 1 aromatic rings. The largest absolute Gasteiger partial charge is 0.335 e. The van der Waals surface area contributed by atoms with Gasteiger partial charge in [0.2, 0.25) is 15.9 Å². The average Bonchev–Trinajstić information content (AvgIpc) is 2.63. The third-order valence-electron chi connectivity index (χ3n) is 4.99. The van der Waals surface area contributed by atoms with Gasteiger partial charge in [0, 0.05) is 19.1 Å². The Morgan fingerprint density at radius 1 is 1.15 bits per heavy atom. The van der Waals surface area contributed by atoms with Crippen LogP contribution in [0.2, 0.25) is 0 Å². The number of nitrogens with zero attached hydrogens (tertiary/aromatic N) is 2. The first-order valence-corrected chi connectivity index (χ1v) is 11.6. The first kappa shape index (κ1) is 21.6. The highest BCUT2D eigenvalue weighted by Gasteiger charge is 2.25. The lowest BCUT2D eigenvalue weighted by atomic mass is 9.97. The van der Waals surface area contributed by atoms with Gasteiger partial charge in [0.15, 0.2) is 0 Å². The third kappa shape index (κ3) is 7.11. The maximum Gasteiger partial charge on any atom is 0.238 e. The number of amides is 1. The molecule has 0 aliphatic heterocycles. The quantitative estimate of drug-likeness (QED) is 0.604. The number of hydrogen-bond acceptors (Lipinski definition) is 3. The summed E-state index contributed by atoms with van der Waals surface area (Å²) in [6.45, 7) is 4.67. The van der Waals surface area contributed by atoms with Crippen molar-refractivity contribution in [3.05, 3.63) is 47.5 Å². The van der Waals surface area contributed by atoms with Crippen LogP contribution in [0.25, 0.3) is 0 Å². The molecule has 1 amide bonds. The van der Waals surface area contributed by atoms with Crippen molar-refractivity contribution in [2.45, 2.75) is 58.5 Å². The fraction of sp³-hybridized carbons (Fsp3) is 0.571. The summed E-state index contributed by atoms with van der Waals surface area (Å²) < 4.78 is 25.8. The van der Waals surface area contributed by atoms with Crippen molar-refractivity contribution in [3.63, 3.8) is 0 Å². The van der Waals surface area contributed by atoms with Gasteiger partial charge < -0.3 is 4.90 Å². The normalized spacial score (nSPS) is 15.1. The molecule has 0 N–H and O–H groups in total. The number of sulfonamides is 1. The van der Waals surface area contributed by atoms with Gasteiger partial charge in [0.05, 0.1) is 12.8 Å². The van der Waals surface area contributed by atoms with E-state index in [1.54, 1.807) is 4.90 Å². The molecule has 0 saturated heterocycles. The van der Waals surface area contributed by atoms with Gasteiger partial charge in [0.25, 0.3) is 0 Å². The molecule has 1 aromatic carbocycles. The zero-order valence-corrected chi connectivity index (χ0v) is 17.5. The highest BCUT2D eigenvalue weighted by atomic mass is 32.2.